The van der Waals surface area contributed by atoms with Crippen LogP contribution in [0.3, 0.4) is 0 Å². The molecule has 5 heteroatoms. The van der Waals surface area contributed by atoms with Crippen LogP contribution in [0.4, 0.5) is 5.82 Å². The average Bonchev–Trinajstić information content (AvgIpc) is 2.74. The molecule has 140 valence electrons. The molecule has 5 nitrogen and oxygen atoms in total. The molecule has 0 spiro atoms. The quantitative estimate of drug-likeness (QED) is 0.690. The first-order valence-corrected chi connectivity index (χ1v) is 9.48. The number of nitriles is 1. The van der Waals surface area contributed by atoms with Crippen molar-refractivity contribution in [1.29, 1.82) is 5.26 Å². The van der Waals surface area contributed by atoms with Gasteiger partial charge in [0.05, 0.1) is 11.1 Å². The number of hydrogen-bond acceptors (Lipinski definition) is 4. The van der Waals surface area contributed by atoms with E-state index in [4.69, 9.17) is 4.98 Å². The molecule has 0 N–H and O–H groups in total. The Morgan fingerprint density at radius 3 is 2.36 bits per heavy atom. The van der Waals surface area contributed by atoms with Gasteiger partial charge in [-0.1, -0.05) is 18.2 Å². The van der Waals surface area contributed by atoms with Crippen LogP contribution in [0.5, 0.6) is 0 Å². The van der Waals surface area contributed by atoms with E-state index in [0.29, 0.717) is 43.1 Å². The number of hydrogen-bond donors (Lipinski definition) is 0. The molecule has 2 heterocycles. The monoisotopic (exact) mass is 370 g/mol. The molecule has 1 fully saturated rings. The summed E-state index contributed by atoms with van der Waals surface area (Å²) in [5.41, 5.74) is 4.58. The Morgan fingerprint density at radius 1 is 1.00 bits per heavy atom. The summed E-state index contributed by atoms with van der Waals surface area (Å²) in [5, 5.41) is 10.6. The Morgan fingerprint density at radius 2 is 1.68 bits per heavy atom. The molecule has 2 aromatic carbocycles. The van der Waals surface area contributed by atoms with Crippen molar-refractivity contribution in [1.82, 2.24) is 9.88 Å². The first-order chi connectivity index (χ1) is 13.6. The number of anilines is 1. The van der Waals surface area contributed by atoms with Gasteiger partial charge in [-0.3, -0.25) is 4.79 Å². The highest BCUT2D eigenvalue weighted by Crippen LogP contribution is 2.26. The summed E-state index contributed by atoms with van der Waals surface area (Å²) >= 11 is 0. The largest absolute Gasteiger partial charge is 0.352 e. The van der Waals surface area contributed by atoms with Gasteiger partial charge in [0.25, 0.3) is 5.91 Å². The lowest BCUT2D eigenvalue weighted by Gasteiger charge is -2.36. The van der Waals surface area contributed by atoms with Crippen LogP contribution in [0, 0.1) is 25.2 Å². The SMILES string of the molecule is Cc1cc2cc(C#N)c(N3CCN(C(=O)c4ccccc4)CC3)nc2cc1C. The van der Waals surface area contributed by atoms with Gasteiger partial charge >= 0.3 is 0 Å². The summed E-state index contributed by atoms with van der Waals surface area (Å²) in [6.45, 7) is 6.70. The van der Waals surface area contributed by atoms with Crippen LogP contribution in [0.25, 0.3) is 10.9 Å². The Kier molecular flexibility index (Phi) is 4.70. The number of carbonyl (C=O) groups is 1. The van der Waals surface area contributed by atoms with E-state index < -0.39 is 0 Å². The summed E-state index contributed by atoms with van der Waals surface area (Å²) < 4.78 is 0. The molecule has 1 saturated heterocycles. The Labute approximate surface area is 164 Å². The molecular weight excluding hydrogens is 348 g/mol. The van der Waals surface area contributed by atoms with Gasteiger partial charge in [0, 0.05) is 37.1 Å². The predicted molar refractivity (Wildman–Crippen MR) is 110 cm³/mol. The molecule has 0 saturated carbocycles. The van der Waals surface area contributed by atoms with E-state index in [2.05, 4.69) is 36.9 Å². The lowest BCUT2D eigenvalue weighted by Crippen LogP contribution is -2.49. The van der Waals surface area contributed by atoms with Crippen molar-refractivity contribution < 1.29 is 4.79 Å². The molecular formula is C23H22N4O. The third-order valence-corrected chi connectivity index (χ3v) is 5.42. The van der Waals surface area contributed by atoms with Crippen molar-refractivity contribution in [2.24, 2.45) is 0 Å². The summed E-state index contributed by atoms with van der Waals surface area (Å²) in [6, 6.07) is 17.7. The molecule has 1 amide bonds. The van der Waals surface area contributed by atoms with Crippen molar-refractivity contribution >= 4 is 22.6 Å². The number of nitrogens with zero attached hydrogens (tertiary/aromatic N) is 4. The maximum atomic E-state index is 12.6. The third kappa shape index (κ3) is 3.29. The molecule has 0 aliphatic carbocycles. The van der Waals surface area contributed by atoms with Gasteiger partial charge in [-0.25, -0.2) is 4.98 Å². The Balaban J connectivity index is 1.57. The van der Waals surface area contributed by atoms with Gasteiger partial charge in [0.15, 0.2) is 0 Å². The molecule has 0 atom stereocenters. The number of rotatable bonds is 2. The van der Waals surface area contributed by atoms with E-state index >= 15 is 0 Å². The zero-order valence-electron chi connectivity index (χ0n) is 16.1. The van der Waals surface area contributed by atoms with Crippen molar-refractivity contribution in [3.05, 3.63) is 70.8 Å². The molecule has 1 aliphatic rings. The molecule has 1 aromatic heterocycles. The van der Waals surface area contributed by atoms with Gasteiger partial charge in [-0.15, -0.1) is 0 Å². The predicted octanol–water partition coefficient (Wildman–Crippen LogP) is 3.69. The van der Waals surface area contributed by atoms with E-state index in [9.17, 15) is 10.1 Å². The second kappa shape index (κ2) is 7.32. The van der Waals surface area contributed by atoms with E-state index in [1.54, 1.807) is 0 Å². The fraction of sp³-hybridized carbons (Fsp3) is 0.261. The number of piperazine rings is 1. The molecule has 1 aliphatic heterocycles. The Bertz CT molecular complexity index is 1080. The second-order valence-corrected chi connectivity index (χ2v) is 7.25. The summed E-state index contributed by atoms with van der Waals surface area (Å²) in [5.74, 6) is 0.767. The van der Waals surface area contributed by atoms with Crippen molar-refractivity contribution in [2.45, 2.75) is 13.8 Å². The van der Waals surface area contributed by atoms with Crippen molar-refractivity contribution in [2.75, 3.05) is 31.1 Å². The van der Waals surface area contributed by atoms with E-state index in [-0.39, 0.29) is 5.91 Å². The van der Waals surface area contributed by atoms with Crippen molar-refractivity contribution in [3.63, 3.8) is 0 Å². The zero-order chi connectivity index (χ0) is 19.7. The fourth-order valence-electron chi connectivity index (χ4n) is 3.64. The minimum atomic E-state index is 0.0540. The number of pyridine rings is 1. The molecule has 3 aromatic rings. The number of carbonyl (C=O) groups excluding carboxylic acids is 1. The first-order valence-electron chi connectivity index (χ1n) is 9.48. The molecule has 4 rings (SSSR count). The maximum absolute atomic E-state index is 12.6. The van der Waals surface area contributed by atoms with Crippen molar-refractivity contribution in [3.8, 4) is 6.07 Å². The number of amides is 1. The normalized spacial score (nSPS) is 14.2. The van der Waals surface area contributed by atoms with Crippen LogP contribution in [0.1, 0.15) is 27.0 Å². The van der Waals surface area contributed by atoms with Gasteiger partial charge in [-0.05, 0) is 55.3 Å². The van der Waals surface area contributed by atoms with Crippen LogP contribution in [0.15, 0.2) is 48.5 Å². The number of aromatic nitrogens is 1. The lowest BCUT2D eigenvalue weighted by atomic mass is 10.0. The van der Waals surface area contributed by atoms with Crippen LogP contribution in [-0.2, 0) is 0 Å². The number of benzene rings is 2. The van der Waals surface area contributed by atoms with E-state index in [1.807, 2.05) is 41.3 Å². The topological polar surface area (TPSA) is 60.2 Å². The number of aryl methyl sites for hydroxylation is 2. The van der Waals surface area contributed by atoms with Gasteiger partial charge < -0.3 is 9.80 Å². The summed E-state index contributed by atoms with van der Waals surface area (Å²) in [7, 11) is 0. The highest BCUT2D eigenvalue weighted by atomic mass is 16.2. The molecule has 0 bridgehead atoms. The van der Waals surface area contributed by atoms with Crippen LogP contribution in [0.2, 0.25) is 0 Å². The van der Waals surface area contributed by atoms with Crippen LogP contribution in [-0.4, -0.2) is 42.0 Å². The summed E-state index contributed by atoms with van der Waals surface area (Å²) in [6.07, 6.45) is 0. The third-order valence-electron chi connectivity index (χ3n) is 5.42. The minimum absolute atomic E-state index is 0.0540. The summed E-state index contributed by atoms with van der Waals surface area (Å²) in [4.78, 5) is 21.4. The minimum Gasteiger partial charge on any atom is -0.352 e. The average molecular weight is 370 g/mol. The van der Waals surface area contributed by atoms with Gasteiger partial charge in [-0.2, -0.15) is 5.26 Å². The van der Waals surface area contributed by atoms with Crippen LogP contribution < -0.4 is 4.90 Å². The van der Waals surface area contributed by atoms with E-state index in [1.165, 1.54) is 11.1 Å². The van der Waals surface area contributed by atoms with Crippen LogP contribution >= 0.6 is 0 Å². The first kappa shape index (κ1) is 18.0. The second-order valence-electron chi connectivity index (χ2n) is 7.25. The molecule has 0 unspecified atom stereocenters. The lowest BCUT2D eigenvalue weighted by molar-refractivity contribution is 0.0746. The fourth-order valence-corrected chi connectivity index (χ4v) is 3.64. The zero-order valence-corrected chi connectivity index (χ0v) is 16.1. The number of fused-ring (bicyclic) bond motifs is 1. The smallest absolute Gasteiger partial charge is 0.253 e. The highest BCUT2D eigenvalue weighted by Gasteiger charge is 2.24. The highest BCUT2D eigenvalue weighted by molar-refractivity contribution is 5.94. The maximum Gasteiger partial charge on any atom is 0.253 e. The molecule has 0 radical (unpaired) electrons. The molecule has 28 heavy (non-hydrogen) atoms. The van der Waals surface area contributed by atoms with Gasteiger partial charge in [0.2, 0.25) is 0 Å². The van der Waals surface area contributed by atoms with Gasteiger partial charge in [0.1, 0.15) is 11.9 Å². The standard InChI is InChI=1S/C23H22N4O/c1-16-12-19-14-20(15-24)22(25-21(19)13-17(16)2)26-8-10-27(11-9-26)23(28)18-6-4-3-5-7-18/h3-7,12-14H,8-11H2,1-2H3. The Hall–Kier alpha value is -3.39. The van der Waals surface area contributed by atoms with E-state index in [0.717, 1.165) is 10.9 Å².